The van der Waals surface area contributed by atoms with E-state index in [-0.39, 0.29) is 18.2 Å². The highest BCUT2D eigenvalue weighted by Crippen LogP contribution is 2.18. The highest BCUT2D eigenvalue weighted by molar-refractivity contribution is 7.14. The third-order valence-corrected chi connectivity index (χ3v) is 4.84. The Morgan fingerprint density at radius 1 is 1.00 bits per heavy atom. The number of rotatable bonds is 6. The van der Waals surface area contributed by atoms with Crippen LogP contribution in [-0.4, -0.2) is 22.7 Å². The van der Waals surface area contributed by atoms with E-state index < -0.39 is 5.91 Å². The Morgan fingerprint density at radius 3 is 2.42 bits per heavy atom. The van der Waals surface area contributed by atoms with Gasteiger partial charge in [-0.3, -0.25) is 19.7 Å². The standard InChI is InChI=1S/C17H14N4O3S2/c18-15(23)10-1-3-12(4-2-10)19-14(22)7-13-9-26-17(20-13)21-16(24)11-5-6-25-8-11/h1-6,8-9H,7H2,(H2,18,23)(H,19,22)(H,20,21,24). The van der Waals surface area contributed by atoms with Crippen LogP contribution in [-0.2, 0) is 11.2 Å². The van der Waals surface area contributed by atoms with Crippen molar-refractivity contribution in [2.75, 3.05) is 10.6 Å². The normalized spacial score (nSPS) is 10.3. The number of thiophene rings is 1. The number of nitrogens with zero attached hydrogens (tertiary/aromatic N) is 1. The fourth-order valence-electron chi connectivity index (χ4n) is 2.10. The van der Waals surface area contributed by atoms with E-state index >= 15 is 0 Å². The molecule has 0 fully saturated rings. The highest BCUT2D eigenvalue weighted by Gasteiger charge is 2.12. The van der Waals surface area contributed by atoms with E-state index in [0.29, 0.717) is 27.6 Å². The molecule has 0 radical (unpaired) electrons. The lowest BCUT2D eigenvalue weighted by atomic mass is 10.2. The number of benzene rings is 1. The average molecular weight is 386 g/mol. The molecule has 0 bridgehead atoms. The molecular formula is C17H14N4O3S2. The number of nitrogens with two attached hydrogens (primary N) is 1. The molecule has 26 heavy (non-hydrogen) atoms. The lowest BCUT2D eigenvalue weighted by molar-refractivity contribution is -0.115. The molecule has 0 aliphatic rings. The molecule has 9 heteroatoms. The van der Waals surface area contributed by atoms with Crippen LogP contribution in [0.5, 0.6) is 0 Å². The number of thiazole rings is 1. The highest BCUT2D eigenvalue weighted by atomic mass is 32.1. The van der Waals surface area contributed by atoms with Gasteiger partial charge in [0.1, 0.15) is 0 Å². The predicted octanol–water partition coefficient (Wildman–Crippen LogP) is 2.74. The number of amides is 3. The molecule has 0 unspecified atom stereocenters. The monoisotopic (exact) mass is 386 g/mol. The van der Waals surface area contributed by atoms with Gasteiger partial charge in [0.15, 0.2) is 5.13 Å². The van der Waals surface area contributed by atoms with E-state index in [1.165, 1.54) is 22.7 Å². The largest absolute Gasteiger partial charge is 0.366 e. The maximum atomic E-state index is 12.1. The van der Waals surface area contributed by atoms with E-state index in [9.17, 15) is 14.4 Å². The van der Waals surface area contributed by atoms with Gasteiger partial charge in [0.05, 0.1) is 17.7 Å². The number of nitrogens with one attached hydrogen (secondary N) is 2. The second-order valence-electron chi connectivity index (χ2n) is 5.28. The maximum Gasteiger partial charge on any atom is 0.258 e. The number of carbonyl (C=O) groups is 3. The Balaban J connectivity index is 1.55. The summed E-state index contributed by atoms with van der Waals surface area (Å²) in [5.41, 5.74) is 7.23. The number of anilines is 2. The zero-order valence-corrected chi connectivity index (χ0v) is 15.0. The van der Waals surface area contributed by atoms with Gasteiger partial charge in [-0.15, -0.1) is 11.3 Å². The second-order valence-corrected chi connectivity index (χ2v) is 6.91. The lowest BCUT2D eigenvalue weighted by Crippen LogP contribution is -2.15. The number of carbonyl (C=O) groups excluding carboxylic acids is 3. The number of aromatic nitrogens is 1. The van der Waals surface area contributed by atoms with Crippen molar-refractivity contribution in [3.63, 3.8) is 0 Å². The number of primary amides is 1. The second kappa shape index (κ2) is 7.89. The van der Waals surface area contributed by atoms with Crippen molar-refractivity contribution in [2.24, 2.45) is 5.73 Å². The molecule has 4 N–H and O–H groups in total. The van der Waals surface area contributed by atoms with E-state index in [1.807, 2.05) is 5.38 Å². The summed E-state index contributed by atoms with van der Waals surface area (Å²) in [6, 6.07) is 8.01. The summed E-state index contributed by atoms with van der Waals surface area (Å²) < 4.78 is 0. The minimum absolute atomic E-state index is 0.0718. The summed E-state index contributed by atoms with van der Waals surface area (Å²) in [6.45, 7) is 0. The van der Waals surface area contributed by atoms with Gasteiger partial charge in [0.2, 0.25) is 11.8 Å². The number of hydrogen-bond acceptors (Lipinski definition) is 6. The van der Waals surface area contributed by atoms with Crippen molar-refractivity contribution in [3.05, 3.63) is 63.3 Å². The van der Waals surface area contributed by atoms with E-state index in [2.05, 4.69) is 15.6 Å². The Kier molecular flexibility index (Phi) is 5.40. The molecule has 2 heterocycles. The van der Waals surface area contributed by atoms with Gasteiger partial charge in [-0.05, 0) is 35.7 Å². The molecular weight excluding hydrogens is 372 g/mol. The quantitative estimate of drug-likeness (QED) is 0.604. The Bertz CT molecular complexity index is 933. The molecule has 2 aromatic heterocycles. The van der Waals surface area contributed by atoms with Crippen molar-refractivity contribution in [1.29, 1.82) is 0 Å². The van der Waals surface area contributed by atoms with Crippen LogP contribution in [0.15, 0.2) is 46.5 Å². The Hall–Kier alpha value is -3.04. The first-order valence-electron chi connectivity index (χ1n) is 7.49. The Morgan fingerprint density at radius 2 is 1.77 bits per heavy atom. The van der Waals surface area contributed by atoms with E-state index in [4.69, 9.17) is 5.73 Å². The molecule has 0 aliphatic heterocycles. The van der Waals surface area contributed by atoms with Crippen LogP contribution >= 0.6 is 22.7 Å². The first-order valence-corrected chi connectivity index (χ1v) is 9.31. The molecule has 7 nitrogen and oxygen atoms in total. The molecule has 0 saturated carbocycles. The minimum atomic E-state index is -0.526. The SMILES string of the molecule is NC(=O)c1ccc(NC(=O)Cc2csc(NC(=O)c3ccsc3)n2)cc1. The zero-order chi connectivity index (χ0) is 18.5. The summed E-state index contributed by atoms with van der Waals surface area (Å²) in [5, 5.41) is 11.2. The first-order chi connectivity index (χ1) is 12.5. The molecule has 0 atom stereocenters. The van der Waals surface area contributed by atoms with Crippen LogP contribution in [0.1, 0.15) is 26.4 Å². The summed E-state index contributed by atoms with van der Waals surface area (Å²) in [6.07, 6.45) is 0.0718. The van der Waals surface area contributed by atoms with Gasteiger partial charge < -0.3 is 11.1 Å². The summed E-state index contributed by atoms with van der Waals surface area (Å²) in [7, 11) is 0. The van der Waals surface area contributed by atoms with E-state index in [0.717, 1.165) is 0 Å². The maximum absolute atomic E-state index is 12.1. The zero-order valence-electron chi connectivity index (χ0n) is 13.4. The van der Waals surface area contributed by atoms with E-state index in [1.54, 1.807) is 41.1 Å². The number of hydrogen-bond donors (Lipinski definition) is 3. The topological polar surface area (TPSA) is 114 Å². The summed E-state index contributed by atoms with van der Waals surface area (Å²) in [4.78, 5) is 39.3. The molecule has 132 valence electrons. The van der Waals surface area contributed by atoms with Crippen LogP contribution < -0.4 is 16.4 Å². The minimum Gasteiger partial charge on any atom is -0.366 e. The third kappa shape index (κ3) is 4.52. The van der Waals surface area contributed by atoms with Gasteiger partial charge in [0, 0.05) is 22.0 Å². The fourth-order valence-corrected chi connectivity index (χ4v) is 3.44. The van der Waals surface area contributed by atoms with Crippen LogP contribution in [0.3, 0.4) is 0 Å². The van der Waals surface area contributed by atoms with Crippen molar-refractivity contribution >= 4 is 51.2 Å². The van der Waals surface area contributed by atoms with Gasteiger partial charge in [-0.2, -0.15) is 11.3 Å². The first kappa shape index (κ1) is 17.8. The van der Waals surface area contributed by atoms with Gasteiger partial charge in [0.25, 0.3) is 5.91 Å². The van der Waals surface area contributed by atoms with Gasteiger partial charge in [-0.25, -0.2) is 4.98 Å². The van der Waals surface area contributed by atoms with Gasteiger partial charge >= 0.3 is 0 Å². The molecule has 3 aromatic rings. The van der Waals surface area contributed by atoms with Crippen LogP contribution in [0.25, 0.3) is 0 Å². The van der Waals surface area contributed by atoms with Crippen molar-refractivity contribution in [1.82, 2.24) is 4.98 Å². The summed E-state index contributed by atoms with van der Waals surface area (Å²) >= 11 is 2.70. The third-order valence-electron chi connectivity index (χ3n) is 3.35. The van der Waals surface area contributed by atoms with Crippen molar-refractivity contribution in [3.8, 4) is 0 Å². The fraction of sp³-hybridized carbons (Fsp3) is 0.0588. The molecule has 0 saturated heterocycles. The lowest BCUT2D eigenvalue weighted by Gasteiger charge is -2.04. The smallest absolute Gasteiger partial charge is 0.258 e. The molecule has 0 spiro atoms. The predicted molar refractivity (Wildman–Crippen MR) is 102 cm³/mol. The van der Waals surface area contributed by atoms with Crippen LogP contribution in [0, 0.1) is 0 Å². The molecule has 1 aromatic carbocycles. The Labute approximate surface area is 156 Å². The average Bonchev–Trinajstić information content (AvgIpc) is 3.27. The van der Waals surface area contributed by atoms with Crippen LogP contribution in [0.2, 0.25) is 0 Å². The van der Waals surface area contributed by atoms with Crippen molar-refractivity contribution < 1.29 is 14.4 Å². The van der Waals surface area contributed by atoms with Gasteiger partial charge in [-0.1, -0.05) is 0 Å². The summed E-state index contributed by atoms with van der Waals surface area (Å²) in [5.74, 6) is -1.01. The molecule has 3 rings (SSSR count). The molecule has 3 amide bonds. The van der Waals surface area contributed by atoms with Crippen molar-refractivity contribution in [2.45, 2.75) is 6.42 Å². The van der Waals surface area contributed by atoms with Crippen LogP contribution in [0.4, 0.5) is 10.8 Å². The molecule has 0 aliphatic carbocycles.